The second kappa shape index (κ2) is 7.04. The summed E-state index contributed by atoms with van der Waals surface area (Å²) in [5.74, 6) is 1.03. The Morgan fingerprint density at radius 2 is 1.69 bits per heavy atom. The summed E-state index contributed by atoms with van der Waals surface area (Å²) < 4.78 is 0. The Kier molecular flexibility index (Phi) is 4.60. The number of hydrogen-bond acceptors (Lipinski definition) is 3. The molecule has 1 unspecified atom stereocenters. The lowest BCUT2D eigenvalue weighted by molar-refractivity contribution is -0.876. The Hall–Kier alpha value is -2.46. The highest BCUT2D eigenvalue weighted by molar-refractivity contribution is 6.00. The second-order valence-electron chi connectivity index (χ2n) is 7.51. The van der Waals surface area contributed by atoms with E-state index >= 15 is 0 Å². The molecule has 1 atom stereocenters. The molecular weight excluding hydrogens is 320 g/mol. The maximum Gasteiger partial charge on any atom is 0.159 e. The van der Waals surface area contributed by atoms with E-state index in [0.717, 1.165) is 36.7 Å². The average Bonchev–Trinajstić information content (AvgIpc) is 2.88. The lowest BCUT2D eigenvalue weighted by Crippen LogP contribution is -3.09. The third kappa shape index (κ3) is 3.17. The van der Waals surface area contributed by atoms with Gasteiger partial charge in [-0.2, -0.15) is 0 Å². The number of nitrogens with one attached hydrogen (secondary N) is 1. The van der Waals surface area contributed by atoms with E-state index in [0.29, 0.717) is 0 Å². The minimum absolute atomic E-state index is 0.977. The van der Waals surface area contributed by atoms with Crippen LogP contribution in [0.25, 0.3) is 22.0 Å². The molecular formula is C22H27N4+. The maximum atomic E-state index is 4.69. The van der Waals surface area contributed by atoms with Crippen LogP contribution in [0.5, 0.6) is 0 Å². The summed E-state index contributed by atoms with van der Waals surface area (Å²) in [7, 11) is 2.27. The van der Waals surface area contributed by atoms with Crippen molar-refractivity contribution in [3.8, 4) is 11.3 Å². The van der Waals surface area contributed by atoms with E-state index < -0.39 is 0 Å². The van der Waals surface area contributed by atoms with Crippen LogP contribution in [0.15, 0.2) is 42.5 Å². The van der Waals surface area contributed by atoms with Gasteiger partial charge in [0.05, 0.1) is 26.7 Å². The summed E-state index contributed by atoms with van der Waals surface area (Å²) in [6, 6.07) is 15.1. The van der Waals surface area contributed by atoms with E-state index in [-0.39, 0.29) is 0 Å². The molecule has 26 heavy (non-hydrogen) atoms. The fourth-order valence-corrected chi connectivity index (χ4v) is 3.77. The highest BCUT2D eigenvalue weighted by Gasteiger charge is 2.20. The van der Waals surface area contributed by atoms with Gasteiger partial charge in [-0.25, -0.2) is 0 Å². The molecule has 0 spiro atoms. The number of aromatic nitrogens is 2. The van der Waals surface area contributed by atoms with Crippen LogP contribution in [-0.4, -0.2) is 43.4 Å². The number of aryl methyl sites for hydroxylation is 2. The second-order valence-corrected chi connectivity index (χ2v) is 7.51. The Morgan fingerprint density at radius 3 is 2.50 bits per heavy atom. The predicted octanol–water partition coefficient (Wildman–Crippen LogP) is 2.64. The van der Waals surface area contributed by atoms with Gasteiger partial charge in [0.25, 0.3) is 0 Å². The molecule has 1 saturated heterocycles. The first-order valence-electron chi connectivity index (χ1n) is 9.53. The van der Waals surface area contributed by atoms with E-state index in [4.69, 9.17) is 5.10 Å². The standard InChI is InChI=1S/C22H26N4/c1-16-9-10-18(15-17(16)2)21-19-7-4-5-8-20(19)22(24-23-21)26-12-6-11-25(3)13-14-26/h4-5,7-10,15H,6,11-14H2,1-3H3/p+1. The minimum atomic E-state index is 0.977. The first-order chi connectivity index (χ1) is 12.6. The molecule has 0 aliphatic carbocycles. The van der Waals surface area contributed by atoms with Crippen molar-refractivity contribution in [1.29, 1.82) is 0 Å². The van der Waals surface area contributed by atoms with Crippen molar-refractivity contribution in [1.82, 2.24) is 10.2 Å². The smallest absolute Gasteiger partial charge is 0.159 e. The largest absolute Gasteiger partial charge is 0.349 e. The fourth-order valence-electron chi connectivity index (χ4n) is 3.77. The van der Waals surface area contributed by atoms with Gasteiger partial charge >= 0.3 is 0 Å². The molecule has 2 heterocycles. The molecule has 134 valence electrons. The molecule has 0 bridgehead atoms. The molecule has 0 saturated carbocycles. The van der Waals surface area contributed by atoms with Crippen molar-refractivity contribution < 1.29 is 4.90 Å². The summed E-state index contributed by atoms with van der Waals surface area (Å²) in [5, 5.41) is 11.8. The monoisotopic (exact) mass is 347 g/mol. The number of benzene rings is 2. The highest BCUT2D eigenvalue weighted by Crippen LogP contribution is 2.32. The summed E-state index contributed by atoms with van der Waals surface area (Å²) in [4.78, 5) is 4.01. The van der Waals surface area contributed by atoms with Crippen molar-refractivity contribution in [3.63, 3.8) is 0 Å². The van der Waals surface area contributed by atoms with Crippen molar-refractivity contribution in [2.24, 2.45) is 0 Å². The van der Waals surface area contributed by atoms with Crippen molar-refractivity contribution >= 4 is 16.6 Å². The number of fused-ring (bicyclic) bond motifs is 1. The first-order valence-corrected chi connectivity index (χ1v) is 9.53. The molecule has 4 heteroatoms. The number of rotatable bonds is 2. The van der Waals surface area contributed by atoms with Gasteiger partial charge in [0.15, 0.2) is 5.82 Å². The van der Waals surface area contributed by atoms with Gasteiger partial charge in [-0.3, -0.25) is 0 Å². The van der Waals surface area contributed by atoms with Gasteiger partial charge in [0, 0.05) is 29.3 Å². The third-order valence-electron chi connectivity index (χ3n) is 5.59. The molecule has 4 rings (SSSR count). The zero-order chi connectivity index (χ0) is 18.1. The summed E-state index contributed by atoms with van der Waals surface area (Å²) in [6.45, 7) is 8.76. The molecule has 1 aromatic heterocycles. The summed E-state index contributed by atoms with van der Waals surface area (Å²) >= 11 is 0. The summed E-state index contributed by atoms with van der Waals surface area (Å²) in [5.41, 5.74) is 4.71. The Bertz CT molecular complexity index is 935. The lowest BCUT2D eigenvalue weighted by Gasteiger charge is -2.22. The molecule has 1 aliphatic heterocycles. The topological polar surface area (TPSA) is 33.5 Å². The highest BCUT2D eigenvalue weighted by atomic mass is 15.3. The van der Waals surface area contributed by atoms with Crippen LogP contribution in [0.3, 0.4) is 0 Å². The molecule has 3 aromatic rings. The van der Waals surface area contributed by atoms with Crippen molar-refractivity contribution in [2.45, 2.75) is 20.3 Å². The zero-order valence-electron chi connectivity index (χ0n) is 15.9. The van der Waals surface area contributed by atoms with E-state index in [9.17, 15) is 0 Å². The normalized spacial score (nSPS) is 18.1. The lowest BCUT2D eigenvalue weighted by atomic mass is 10.0. The van der Waals surface area contributed by atoms with Crippen molar-refractivity contribution in [3.05, 3.63) is 53.6 Å². The number of quaternary nitrogens is 1. The summed E-state index contributed by atoms with van der Waals surface area (Å²) in [6.07, 6.45) is 1.20. The van der Waals surface area contributed by atoms with Crippen LogP contribution in [0.4, 0.5) is 5.82 Å². The van der Waals surface area contributed by atoms with Gasteiger partial charge < -0.3 is 9.80 Å². The fraction of sp³-hybridized carbons (Fsp3) is 0.364. The van der Waals surface area contributed by atoms with E-state index in [1.54, 1.807) is 4.90 Å². The molecule has 0 radical (unpaired) electrons. The first kappa shape index (κ1) is 17.0. The van der Waals surface area contributed by atoms with E-state index in [1.807, 2.05) is 0 Å². The third-order valence-corrected chi connectivity index (χ3v) is 5.59. The Morgan fingerprint density at radius 1 is 0.885 bits per heavy atom. The van der Waals surface area contributed by atoms with Gasteiger partial charge in [0.2, 0.25) is 0 Å². The Balaban J connectivity index is 1.82. The molecule has 1 N–H and O–H groups in total. The number of anilines is 1. The minimum Gasteiger partial charge on any atom is -0.349 e. The molecule has 1 fully saturated rings. The van der Waals surface area contributed by atoms with Crippen molar-refractivity contribution in [2.75, 3.05) is 38.1 Å². The number of nitrogens with zero attached hydrogens (tertiary/aromatic N) is 3. The average molecular weight is 347 g/mol. The maximum absolute atomic E-state index is 4.69. The van der Waals surface area contributed by atoms with Crippen LogP contribution in [0.2, 0.25) is 0 Å². The van der Waals surface area contributed by atoms with Gasteiger partial charge in [0.1, 0.15) is 5.69 Å². The van der Waals surface area contributed by atoms with Gasteiger partial charge in [-0.05, 0) is 31.0 Å². The van der Waals surface area contributed by atoms with Crippen LogP contribution in [-0.2, 0) is 0 Å². The molecule has 4 nitrogen and oxygen atoms in total. The van der Waals surface area contributed by atoms with Crippen LogP contribution < -0.4 is 9.80 Å². The van der Waals surface area contributed by atoms with Gasteiger partial charge in [-0.15, -0.1) is 10.2 Å². The van der Waals surface area contributed by atoms with E-state index in [1.165, 1.54) is 34.9 Å². The van der Waals surface area contributed by atoms with Crippen LogP contribution >= 0.6 is 0 Å². The van der Waals surface area contributed by atoms with Gasteiger partial charge in [-0.1, -0.05) is 36.4 Å². The quantitative estimate of drug-likeness (QED) is 0.774. The van der Waals surface area contributed by atoms with Crippen LogP contribution in [0.1, 0.15) is 17.5 Å². The predicted molar refractivity (Wildman–Crippen MR) is 108 cm³/mol. The molecule has 0 amide bonds. The van der Waals surface area contributed by atoms with Crippen LogP contribution in [0, 0.1) is 13.8 Å². The van der Waals surface area contributed by atoms with E-state index in [2.05, 4.69) is 73.4 Å². The molecule has 1 aliphatic rings. The Labute approximate surface area is 155 Å². The molecule has 2 aromatic carbocycles. The SMILES string of the molecule is Cc1ccc(-c2nnc(N3CCC[NH+](C)CC3)c3ccccc23)cc1C. The zero-order valence-corrected chi connectivity index (χ0v) is 15.9. The number of hydrogen-bond donors (Lipinski definition) is 1. The number of likely N-dealkylation sites (N-methyl/N-ethyl adjacent to an activating group) is 1.